The molecule has 2 aromatic carbocycles. The summed E-state index contributed by atoms with van der Waals surface area (Å²) in [5.41, 5.74) is 3.84. The van der Waals surface area contributed by atoms with Crippen LogP contribution in [0.1, 0.15) is 11.5 Å². The van der Waals surface area contributed by atoms with E-state index >= 15 is 0 Å². The number of aromatic nitrogens is 1. The molecule has 1 N–H and O–H groups in total. The highest BCUT2D eigenvalue weighted by atomic mass is 16.3. The highest BCUT2D eigenvalue weighted by Crippen LogP contribution is 2.20. The minimum atomic E-state index is 0.311. The van der Waals surface area contributed by atoms with Crippen molar-refractivity contribution in [3.63, 3.8) is 0 Å². The van der Waals surface area contributed by atoms with E-state index in [2.05, 4.69) is 10.3 Å². The molecule has 0 aliphatic rings. The molecular formula is C17H14N2O2. The Morgan fingerprint density at radius 1 is 1.14 bits per heavy atom. The summed E-state index contributed by atoms with van der Waals surface area (Å²) in [6, 6.07) is 15.3. The lowest BCUT2D eigenvalue weighted by atomic mass is 10.2. The minimum Gasteiger partial charge on any atom is -0.436 e. The Morgan fingerprint density at radius 2 is 1.90 bits per heavy atom. The summed E-state index contributed by atoms with van der Waals surface area (Å²) >= 11 is 0. The fraction of sp³-hybridized carbons (Fsp3) is 0.0588. The van der Waals surface area contributed by atoms with E-state index in [9.17, 15) is 4.79 Å². The number of carbonyl (C=O) groups is 1. The van der Waals surface area contributed by atoms with Gasteiger partial charge < -0.3 is 9.73 Å². The molecule has 4 heteroatoms. The Hall–Kier alpha value is -2.88. The molecular weight excluding hydrogens is 264 g/mol. The third-order valence-electron chi connectivity index (χ3n) is 3.11. The van der Waals surface area contributed by atoms with Crippen molar-refractivity contribution in [3.8, 4) is 0 Å². The number of para-hydroxylation sites is 2. The van der Waals surface area contributed by atoms with Crippen molar-refractivity contribution in [1.82, 2.24) is 4.98 Å². The second kappa shape index (κ2) is 5.63. The van der Waals surface area contributed by atoms with Gasteiger partial charge in [0.2, 0.25) is 5.89 Å². The number of aryl methyl sites for hydroxylation is 1. The van der Waals surface area contributed by atoms with Crippen molar-refractivity contribution in [2.45, 2.75) is 6.92 Å². The zero-order valence-corrected chi connectivity index (χ0v) is 11.5. The molecule has 21 heavy (non-hydrogen) atoms. The number of anilines is 1. The first-order chi connectivity index (χ1) is 10.3. The minimum absolute atomic E-state index is 0.311. The van der Waals surface area contributed by atoms with Crippen LogP contribution >= 0.6 is 0 Å². The molecule has 1 heterocycles. The van der Waals surface area contributed by atoms with Crippen molar-refractivity contribution in [1.29, 1.82) is 0 Å². The summed E-state index contributed by atoms with van der Waals surface area (Å²) in [4.78, 5) is 15.6. The maximum Gasteiger partial charge on any atom is 0.232 e. The lowest BCUT2D eigenvalue weighted by Crippen LogP contribution is -1.93. The van der Waals surface area contributed by atoms with Gasteiger partial charge in [-0.3, -0.25) is 4.79 Å². The summed E-state index contributed by atoms with van der Waals surface area (Å²) in [6.45, 7) is 2.02. The normalized spacial score (nSPS) is 11.6. The van der Waals surface area contributed by atoms with Gasteiger partial charge in [0.1, 0.15) is 5.52 Å². The largest absolute Gasteiger partial charge is 0.436 e. The Labute approximate surface area is 122 Å². The number of nitrogens with zero attached hydrogens (tertiary/aromatic N) is 1. The van der Waals surface area contributed by atoms with Crippen LogP contribution in [0.25, 0.3) is 16.7 Å². The van der Waals surface area contributed by atoms with E-state index in [1.807, 2.05) is 55.5 Å². The molecule has 1 aromatic heterocycles. The first kappa shape index (κ1) is 13.1. The topological polar surface area (TPSA) is 55.1 Å². The average Bonchev–Trinajstić information content (AvgIpc) is 2.93. The predicted octanol–water partition coefficient (Wildman–Crippen LogP) is 3.79. The Bertz CT molecular complexity index is 768. The average molecular weight is 278 g/mol. The molecule has 4 nitrogen and oxygen atoms in total. The third kappa shape index (κ3) is 2.84. The molecule has 0 spiro atoms. The van der Waals surface area contributed by atoms with Gasteiger partial charge >= 0.3 is 0 Å². The van der Waals surface area contributed by atoms with Gasteiger partial charge in [0.05, 0.1) is 5.57 Å². The number of oxazole rings is 1. The third-order valence-corrected chi connectivity index (χ3v) is 3.11. The second-order valence-electron chi connectivity index (χ2n) is 4.71. The van der Waals surface area contributed by atoms with Gasteiger partial charge in [0.15, 0.2) is 11.9 Å². The maximum absolute atomic E-state index is 11.2. The van der Waals surface area contributed by atoms with Gasteiger partial charge in [-0.05, 0) is 31.2 Å². The van der Waals surface area contributed by atoms with Crippen LogP contribution in [0.4, 0.5) is 5.69 Å². The predicted molar refractivity (Wildman–Crippen MR) is 82.9 cm³/mol. The van der Waals surface area contributed by atoms with Crippen LogP contribution in [0.15, 0.2) is 59.1 Å². The number of rotatable bonds is 4. The Balaban J connectivity index is 1.88. The molecule has 0 amide bonds. The molecule has 0 saturated heterocycles. The summed E-state index contributed by atoms with van der Waals surface area (Å²) in [5, 5.41) is 3.07. The standard InChI is InChI=1S/C17H14N2O2/c1-12-6-8-14(9-7-12)18-10-13(11-20)17-19-15-4-2-3-5-16(15)21-17/h2-11,18H,1H3/b13-10+. The van der Waals surface area contributed by atoms with Gasteiger partial charge in [-0.25, -0.2) is 4.98 Å². The summed E-state index contributed by atoms with van der Waals surface area (Å²) < 4.78 is 5.58. The van der Waals surface area contributed by atoms with Crippen molar-refractivity contribution in [2.75, 3.05) is 5.32 Å². The van der Waals surface area contributed by atoms with Crippen molar-refractivity contribution >= 4 is 28.6 Å². The van der Waals surface area contributed by atoms with Crippen LogP contribution in [0.5, 0.6) is 0 Å². The van der Waals surface area contributed by atoms with Crippen LogP contribution in [0, 0.1) is 6.92 Å². The smallest absolute Gasteiger partial charge is 0.232 e. The number of benzene rings is 2. The highest BCUT2D eigenvalue weighted by Gasteiger charge is 2.09. The van der Waals surface area contributed by atoms with Crippen LogP contribution in [0.3, 0.4) is 0 Å². The second-order valence-corrected chi connectivity index (χ2v) is 4.71. The number of hydrogen-bond donors (Lipinski definition) is 1. The molecule has 3 rings (SSSR count). The van der Waals surface area contributed by atoms with Crippen LogP contribution < -0.4 is 5.32 Å². The first-order valence-electron chi connectivity index (χ1n) is 6.61. The molecule has 0 aliphatic heterocycles. The highest BCUT2D eigenvalue weighted by molar-refractivity contribution is 6.05. The number of allylic oxidation sites excluding steroid dienone is 1. The van der Waals surface area contributed by atoms with E-state index in [0.29, 0.717) is 17.0 Å². The molecule has 104 valence electrons. The number of hydrogen-bond acceptors (Lipinski definition) is 4. The van der Waals surface area contributed by atoms with E-state index in [0.717, 1.165) is 17.5 Å². The van der Waals surface area contributed by atoms with E-state index in [-0.39, 0.29) is 0 Å². The Kier molecular flexibility index (Phi) is 3.51. The Morgan fingerprint density at radius 3 is 2.62 bits per heavy atom. The van der Waals surface area contributed by atoms with Gasteiger partial charge in [-0.15, -0.1) is 0 Å². The SMILES string of the molecule is Cc1ccc(N/C=C(\C=O)c2nc3ccccc3o2)cc1. The molecule has 0 atom stereocenters. The molecule has 0 fully saturated rings. The van der Waals surface area contributed by atoms with Crippen molar-refractivity contribution in [2.24, 2.45) is 0 Å². The van der Waals surface area contributed by atoms with E-state index in [1.54, 1.807) is 6.20 Å². The molecule has 0 bridgehead atoms. The molecule has 0 unspecified atom stereocenters. The number of aldehydes is 1. The fourth-order valence-electron chi connectivity index (χ4n) is 1.95. The van der Waals surface area contributed by atoms with E-state index < -0.39 is 0 Å². The molecule has 0 saturated carbocycles. The zero-order valence-electron chi connectivity index (χ0n) is 11.5. The monoisotopic (exact) mass is 278 g/mol. The zero-order chi connectivity index (χ0) is 14.7. The van der Waals surface area contributed by atoms with Gasteiger partial charge in [0.25, 0.3) is 0 Å². The summed E-state index contributed by atoms with van der Waals surface area (Å²) in [5.74, 6) is 0.311. The van der Waals surface area contributed by atoms with Crippen LogP contribution in [-0.4, -0.2) is 11.3 Å². The first-order valence-corrected chi connectivity index (χ1v) is 6.61. The van der Waals surface area contributed by atoms with E-state index in [4.69, 9.17) is 4.42 Å². The number of fused-ring (bicyclic) bond motifs is 1. The molecule has 3 aromatic rings. The lowest BCUT2D eigenvalue weighted by Gasteiger charge is -2.01. The van der Waals surface area contributed by atoms with E-state index in [1.165, 1.54) is 5.56 Å². The number of nitrogens with one attached hydrogen (secondary N) is 1. The summed E-state index contributed by atoms with van der Waals surface area (Å²) in [7, 11) is 0. The van der Waals surface area contributed by atoms with Gasteiger partial charge in [-0.2, -0.15) is 0 Å². The fourth-order valence-corrected chi connectivity index (χ4v) is 1.95. The molecule has 0 aliphatic carbocycles. The lowest BCUT2D eigenvalue weighted by molar-refractivity contribution is -0.103. The van der Waals surface area contributed by atoms with Crippen molar-refractivity contribution < 1.29 is 9.21 Å². The maximum atomic E-state index is 11.2. The number of carbonyl (C=O) groups excluding carboxylic acids is 1. The van der Waals surface area contributed by atoms with Crippen molar-refractivity contribution in [3.05, 3.63) is 66.2 Å². The molecule has 0 radical (unpaired) electrons. The van der Waals surface area contributed by atoms with Crippen LogP contribution in [0.2, 0.25) is 0 Å². The van der Waals surface area contributed by atoms with Crippen LogP contribution in [-0.2, 0) is 4.79 Å². The van der Waals surface area contributed by atoms with Gasteiger partial charge in [-0.1, -0.05) is 29.8 Å². The van der Waals surface area contributed by atoms with Gasteiger partial charge in [0, 0.05) is 11.9 Å². The quantitative estimate of drug-likeness (QED) is 0.582. The summed E-state index contributed by atoms with van der Waals surface area (Å²) in [6.07, 6.45) is 2.33.